The normalized spacial score (nSPS) is 15.5. The van der Waals surface area contributed by atoms with Crippen molar-refractivity contribution in [2.45, 2.75) is 26.3 Å². The van der Waals surface area contributed by atoms with Crippen molar-refractivity contribution in [2.24, 2.45) is 0 Å². The Morgan fingerprint density at radius 1 is 1.20 bits per heavy atom. The zero-order chi connectivity index (χ0) is 24.6. The molecule has 0 aliphatic carbocycles. The second kappa shape index (κ2) is 12.1. The SMILES string of the molecule is CCN(CC)CC[SH+]CN1C=CC(Nc2cc(-c3ccc(F)c(C#N)c3)cc3ccncc23)CC1. The van der Waals surface area contributed by atoms with Gasteiger partial charge in [-0.15, -0.1) is 0 Å². The molecule has 0 amide bonds. The quantitative estimate of drug-likeness (QED) is 0.246. The minimum Gasteiger partial charge on any atom is -0.378 e. The highest BCUT2D eigenvalue weighted by molar-refractivity contribution is 7.78. The van der Waals surface area contributed by atoms with E-state index >= 15 is 0 Å². The van der Waals surface area contributed by atoms with Crippen molar-refractivity contribution in [3.63, 3.8) is 0 Å². The second-order valence-corrected chi connectivity index (χ2v) is 9.91. The molecule has 1 aliphatic rings. The Labute approximate surface area is 211 Å². The van der Waals surface area contributed by atoms with Gasteiger partial charge in [-0.25, -0.2) is 4.39 Å². The fourth-order valence-electron chi connectivity index (χ4n) is 4.37. The van der Waals surface area contributed by atoms with E-state index in [1.165, 1.54) is 23.6 Å². The number of nitriles is 1. The van der Waals surface area contributed by atoms with Crippen LogP contribution >= 0.6 is 0 Å². The lowest BCUT2D eigenvalue weighted by Crippen LogP contribution is -2.33. The van der Waals surface area contributed by atoms with Gasteiger partial charge in [0.2, 0.25) is 0 Å². The molecule has 1 atom stereocenters. The lowest BCUT2D eigenvalue weighted by Gasteiger charge is -2.27. The molecule has 0 saturated heterocycles. The highest BCUT2D eigenvalue weighted by atomic mass is 32.2. The van der Waals surface area contributed by atoms with Crippen LogP contribution in [0.2, 0.25) is 0 Å². The molecule has 2 aromatic carbocycles. The van der Waals surface area contributed by atoms with Crippen LogP contribution in [0.25, 0.3) is 21.9 Å². The zero-order valence-electron chi connectivity index (χ0n) is 20.4. The largest absolute Gasteiger partial charge is 0.378 e. The molecule has 1 aromatic heterocycles. The van der Waals surface area contributed by atoms with Crippen molar-refractivity contribution >= 4 is 28.2 Å². The summed E-state index contributed by atoms with van der Waals surface area (Å²) < 4.78 is 13.9. The summed E-state index contributed by atoms with van der Waals surface area (Å²) in [6, 6.07) is 13.0. The van der Waals surface area contributed by atoms with Gasteiger partial charge in [-0.2, -0.15) is 5.26 Å². The van der Waals surface area contributed by atoms with Crippen LogP contribution in [0.1, 0.15) is 25.8 Å². The summed E-state index contributed by atoms with van der Waals surface area (Å²) in [4.78, 5) is 9.20. The van der Waals surface area contributed by atoms with Crippen LogP contribution in [-0.2, 0) is 11.8 Å². The highest BCUT2D eigenvalue weighted by Crippen LogP contribution is 2.32. The molecule has 0 saturated carbocycles. The molecule has 3 aromatic rings. The summed E-state index contributed by atoms with van der Waals surface area (Å²) >= 11 is 1.47. The van der Waals surface area contributed by atoms with Crippen molar-refractivity contribution in [2.75, 3.05) is 43.1 Å². The lowest BCUT2D eigenvalue weighted by atomic mass is 9.98. The van der Waals surface area contributed by atoms with E-state index in [2.05, 4.69) is 58.4 Å². The number of rotatable bonds is 10. The molecular formula is C28H33FN5S+. The molecule has 7 heteroatoms. The van der Waals surface area contributed by atoms with E-state index < -0.39 is 5.82 Å². The van der Waals surface area contributed by atoms with Gasteiger partial charge in [-0.05, 0) is 84.2 Å². The van der Waals surface area contributed by atoms with Crippen LogP contribution in [0, 0.1) is 17.1 Å². The molecule has 2 heterocycles. The molecule has 1 N–H and O–H groups in total. The van der Waals surface area contributed by atoms with Gasteiger partial charge in [0.25, 0.3) is 0 Å². The summed E-state index contributed by atoms with van der Waals surface area (Å²) in [5.74, 6) is 1.78. The van der Waals surface area contributed by atoms with Crippen LogP contribution in [-0.4, -0.2) is 58.6 Å². The maximum Gasteiger partial charge on any atom is 0.178 e. The number of fused-ring (bicyclic) bond motifs is 1. The molecule has 0 fully saturated rings. The first-order valence-electron chi connectivity index (χ1n) is 12.2. The van der Waals surface area contributed by atoms with Gasteiger partial charge in [0.1, 0.15) is 17.6 Å². The number of nitrogens with one attached hydrogen (secondary N) is 1. The monoisotopic (exact) mass is 490 g/mol. The first-order chi connectivity index (χ1) is 17.1. The molecule has 0 bridgehead atoms. The van der Waals surface area contributed by atoms with Gasteiger partial charge in [0.05, 0.1) is 5.56 Å². The summed E-state index contributed by atoms with van der Waals surface area (Å²) in [7, 11) is 0. The van der Waals surface area contributed by atoms with Gasteiger partial charge in [0, 0.05) is 48.8 Å². The van der Waals surface area contributed by atoms with Crippen LogP contribution in [0.15, 0.2) is 61.1 Å². The fraction of sp³-hybridized carbons (Fsp3) is 0.357. The average molecular weight is 491 g/mol. The summed E-state index contributed by atoms with van der Waals surface area (Å²) in [5, 5.41) is 15.0. The van der Waals surface area contributed by atoms with Crippen LogP contribution in [0.5, 0.6) is 0 Å². The number of hydrogen-bond acceptors (Lipinski definition) is 5. The summed E-state index contributed by atoms with van der Waals surface area (Å²) in [6.45, 7) is 8.87. The first-order valence-corrected chi connectivity index (χ1v) is 13.5. The van der Waals surface area contributed by atoms with E-state index in [0.717, 1.165) is 66.1 Å². The molecule has 4 rings (SSSR count). The number of aromatic nitrogens is 1. The maximum absolute atomic E-state index is 13.9. The molecule has 0 radical (unpaired) electrons. The van der Waals surface area contributed by atoms with Crippen LogP contribution < -0.4 is 5.32 Å². The maximum atomic E-state index is 13.9. The highest BCUT2D eigenvalue weighted by Gasteiger charge is 2.17. The number of anilines is 1. The smallest absolute Gasteiger partial charge is 0.178 e. The van der Waals surface area contributed by atoms with E-state index in [4.69, 9.17) is 0 Å². The van der Waals surface area contributed by atoms with Crippen molar-refractivity contribution in [3.8, 4) is 17.2 Å². The predicted molar refractivity (Wildman–Crippen MR) is 146 cm³/mol. The number of halogens is 1. The summed E-state index contributed by atoms with van der Waals surface area (Å²) in [6.07, 6.45) is 9.13. The minimum absolute atomic E-state index is 0.0542. The fourth-order valence-corrected chi connectivity index (χ4v) is 5.42. The van der Waals surface area contributed by atoms with Crippen LogP contribution in [0.3, 0.4) is 0 Å². The molecule has 1 unspecified atom stereocenters. The Bertz CT molecular complexity index is 1220. The Hall–Kier alpha value is -3.08. The molecule has 5 nitrogen and oxygen atoms in total. The predicted octanol–water partition coefficient (Wildman–Crippen LogP) is 5.03. The Kier molecular flexibility index (Phi) is 8.62. The van der Waals surface area contributed by atoms with E-state index in [1.54, 1.807) is 18.3 Å². The van der Waals surface area contributed by atoms with Gasteiger partial charge in [-0.1, -0.05) is 19.9 Å². The van der Waals surface area contributed by atoms with E-state index in [0.29, 0.717) is 0 Å². The summed E-state index contributed by atoms with van der Waals surface area (Å²) in [5.41, 5.74) is 2.81. The number of hydrogen-bond donors (Lipinski definition) is 1. The lowest BCUT2D eigenvalue weighted by molar-refractivity contribution is 0.323. The molecule has 182 valence electrons. The van der Waals surface area contributed by atoms with Crippen LogP contribution in [0.4, 0.5) is 10.1 Å². The van der Waals surface area contributed by atoms with Gasteiger partial charge >= 0.3 is 0 Å². The Morgan fingerprint density at radius 2 is 2.06 bits per heavy atom. The standard InChI is InChI=1S/C28H32FN5S/c1-3-33(4-2)13-14-35-20-34-11-8-25(9-12-34)32-28-17-23(16-22-7-10-31-19-26(22)28)21-5-6-27(29)24(15-21)18-30/h5-8,10-11,15-17,19,25,32H,3-4,9,12-14,20H2,1-2H3/p+1. The van der Waals surface area contributed by atoms with Gasteiger partial charge < -0.3 is 10.2 Å². The third-order valence-corrected chi connectivity index (χ3v) is 7.60. The molecule has 0 spiro atoms. The molecule has 35 heavy (non-hydrogen) atoms. The Balaban J connectivity index is 1.46. The third kappa shape index (κ3) is 6.33. The first kappa shape index (κ1) is 25.0. The number of thiol groups is 1. The van der Waals surface area contributed by atoms with Crippen molar-refractivity contribution in [1.29, 1.82) is 5.26 Å². The number of nitrogens with zero attached hydrogens (tertiary/aromatic N) is 4. The van der Waals surface area contributed by atoms with E-state index in [1.807, 2.05) is 18.3 Å². The topological polar surface area (TPSA) is 55.2 Å². The van der Waals surface area contributed by atoms with Crippen molar-refractivity contribution in [3.05, 3.63) is 72.4 Å². The average Bonchev–Trinajstić information content (AvgIpc) is 2.90. The minimum atomic E-state index is -0.496. The van der Waals surface area contributed by atoms with Gasteiger partial charge in [0.15, 0.2) is 5.88 Å². The van der Waals surface area contributed by atoms with E-state index in [-0.39, 0.29) is 11.6 Å². The zero-order valence-corrected chi connectivity index (χ0v) is 21.3. The molecule has 1 aliphatic heterocycles. The van der Waals surface area contributed by atoms with Crippen molar-refractivity contribution in [1.82, 2.24) is 14.8 Å². The number of benzene rings is 2. The third-order valence-electron chi connectivity index (χ3n) is 6.52. The number of pyridine rings is 1. The van der Waals surface area contributed by atoms with Crippen molar-refractivity contribution < 1.29 is 4.39 Å². The van der Waals surface area contributed by atoms with E-state index in [9.17, 15) is 9.65 Å². The van der Waals surface area contributed by atoms with Gasteiger partial charge in [-0.3, -0.25) is 9.88 Å². The molecular weight excluding hydrogens is 457 g/mol. The Morgan fingerprint density at radius 3 is 2.80 bits per heavy atom. The second-order valence-electron chi connectivity index (χ2n) is 8.74.